The SMILES string of the molecule is OCc1cc(C2=NOC(c3cc(Cl)c(Cl)c(Cl)c3)(C(F)(F)F)C2)ccc1C1(O)CN(C(c2ccccc2)c2ccccc2)C1. The van der Waals surface area contributed by atoms with Crippen molar-refractivity contribution in [3.05, 3.63) is 139 Å². The Morgan fingerprint density at radius 1 is 0.864 bits per heavy atom. The van der Waals surface area contributed by atoms with E-state index >= 15 is 0 Å². The Bertz CT molecular complexity index is 1650. The average molecular weight is 662 g/mol. The Morgan fingerprint density at radius 3 is 1.95 bits per heavy atom. The fourth-order valence-electron chi connectivity index (χ4n) is 6.07. The lowest BCUT2D eigenvalue weighted by Gasteiger charge is -2.51. The molecule has 4 aromatic rings. The highest BCUT2D eigenvalue weighted by atomic mass is 35.5. The van der Waals surface area contributed by atoms with Gasteiger partial charge in [-0.2, -0.15) is 13.2 Å². The van der Waals surface area contributed by atoms with Crippen LogP contribution in [-0.4, -0.2) is 40.1 Å². The van der Waals surface area contributed by atoms with Crippen molar-refractivity contribution < 1.29 is 28.2 Å². The molecule has 4 aromatic carbocycles. The van der Waals surface area contributed by atoms with Crippen molar-refractivity contribution in [2.45, 2.75) is 36.4 Å². The van der Waals surface area contributed by atoms with Gasteiger partial charge in [-0.3, -0.25) is 4.90 Å². The summed E-state index contributed by atoms with van der Waals surface area (Å²) in [7, 11) is 0. The molecule has 1 saturated heterocycles. The quantitative estimate of drug-likeness (QED) is 0.197. The highest BCUT2D eigenvalue weighted by Crippen LogP contribution is 2.51. The minimum absolute atomic E-state index is 0.0150. The fourth-order valence-corrected chi connectivity index (χ4v) is 6.66. The number of alkyl halides is 3. The number of hydrogen-bond donors (Lipinski definition) is 2. The Labute approximate surface area is 267 Å². The predicted molar refractivity (Wildman–Crippen MR) is 164 cm³/mol. The number of benzene rings is 4. The normalized spacial score (nSPS) is 19.9. The van der Waals surface area contributed by atoms with Gasteiger partial charge in [0.1, 0.15) is 5.60 Å². The molecule has 44 heavy (non-hydrogen) atoms. The molecule has 5 nitrogen and oxygen atoms in total. The minimum Gasteiger partial charge on any atom is -0.392 e. The predicted octanol–water partition coefficient (Wildman–Crippen LogP) is 8.01. The molecule has 2 aliphatic rings. The van der Waals surface area contributed by atoms with E-state index < -0.39 is 30.4 Å². The van der Waals surface area contributed by atoms with Gasteiger partial charge in [-0.05, 0) is 46.0 Å². The van der Waals surface area contributed by atoms with E-state index in [1.165, 1.54) is 6.07 Å². The van der Waals surface area contributed by atoms with Crippen LogP contribution in [0.2, 0.25) is 15.1 Å². The van der Waals surface area contributed by atoms with Crippen LogP contribution in [0, 0.1) is 0 Å². The molecule has 11 heteroatoms. The molecule has 0 aromatic heterocycles. The first-order valence-electron chi connectivity index (χ1n) is 13.7. The van der Waals surface area contributed by atoms with Crippen LogP contribution in [0.1, 0.15) is 45.8 Å². The molecule has 0 radical (unpaired) electrons. The molecule has 1 atom stereocenters. The third-order valence-corrected chi connectivity index (χ3v) is 9.47. The van der Waals surface area contributed by atoms with Crippen molar-refractivity contribution in [1.29, 1.82) is 0 Å². The van der Waals surface area contributed by atoms with Crippen LogP contribution in [-0.2, 0) is 22.6 Å². The lowest BCUT2D eigenvalue weighted by Crippen LogP contribution is -2.60. The van der Waals surface area contributed by atoms with Crippen LogP contribution >= 0.6 is 34.8 Å². The molecule has 2 aliphatic heterocycles. The van der Waals surface area contributed by atoms with Gasteiger partial charge in [-0.15, -0.1) is 0 Å². The summed E-state index contributed by atoms with van der Waals surface area (Å²) in [5, 5.41) is 25.4. The number of nitrogens with zero attached hydrogens (tertiary/aromatic N) is 2. The maximum atomic E-state index is 14.5. The standard InChI is InChI=1S/C33H26Cl3F3N2O3/c34-26-14-24(15-27(35)29(26)36)32(33(37,38)39)16-28(40-44-32)22-11-12-25(23(13-22)17-42)31(43)18-41(19-31)30(20-7-3-1-4-8-20)21-9-5-2-6-10-21/h1-15,30,42-43H,16-19H2. The summed E-state index contributed by atoms with van der Waals surface area (Å²) in [5.41, 5.74) is -1.08. The number of halogens is 6. The lowest BCUT2D eigenvalue weighted by molar-refractivity contribution is -0.275. The van der Waals surface area contributed by atoms with E-state index in [1.54, 1.807) is 12.1 Å². The lowest BCUT2D eigenvalue weighted by atomic mass is 9.79. The topological polar surface area (TPSA) is 65.3 Å². The van der Waals surface area contributed by atoms with Crippen LogP contribution in [0.15, 0.2) is 96.2 Å². The van der Waals surface area contributed by atoms with Gasteiger partial charge in [0.15, 0.2) is 0 Å². The van der Waals surface area contributed by atoms with Gasteiger partial charge in [-0.1, -0.05) is 113 Å². The first kappa shape index (κ1) is 30.9. The zero-order valence-corrected chi connectivity index (χ0v) is 25.3. The zero-order chi connectivity index (χ0) is 31.3. The van der Waals surface area contributed by atoms with Crippen LogP contribution in [0.4, 0.5) is 13.2 Å². The van der Waals surface area contributed by atoms with Crippen molar-refractivity contribution in [3.63, 3.8) is 0 Å². The van der Waals surface area contributed by atoms with E-state index in [2.05, 4.69) is 10.1 Å². The number of β-amino-alcohol motifs (C(OH)–C–C–N with tert-alkyl or cyclic N) is 1. The fraction of sp³-hybridized carbons (Fsp3) is 0.242. The minimum atomic E-state index is -4.88. The van der Waals surface area contributed by atoms with E-state index in [-0.39, 0.29) is 45.5 Å². The van der Waals surface area contributed by atoms with Crippen LogP contribution in [0.25, 0.3) is 0 Å². The van der Waals surface area contributed by atoms with Crippen LogP contribution in [0.5, 0.6) is 0 Å². The summed E-state index contributed by atoms with van der Waals surface area (Å²) < 4.78 is 43.6. The van der Waals surface area contributed by atoms with Crippen molar-refractivity contribution in [3.8, 4) is 0 Å². The summed E-state index contributed by atoms with van der Waals surface area (Å²) in [6.45, 7) is 0.132. The number of hydrogen-bond acceptors (Lipinski definition) is 5. The molecule has 2 heterocycles. The molecular formula is C33H26Cl3F3N2O3. The molecular weight excluding hydrogens is 636 g/mol. The number of aliphatic hydroxyl groups is 2. The maximum absolute atomic E-state index is 14.5. The molecule has 6 rings (SSSR count). The van der Waals surface area contributed by atoms with E-state index in [4.69, 9.17) is 39.6 Å². The average Bonchev–Trinajstić information content (AvgIpc) is 3.47. The Morgan fingerprint density at radius 2 is 1.43 bits per heavy atom. The highest BCUT2D eigenvalue weighted by molar-refractivity contribution is 6.48. The molecule has 0 amide bonds. The second kappa shape index (κ2) is 11.7. The largest absolute Gasteiger partial charge is 0.435 e. The third kappa shape index (κ3) is 5.38. The molecule has 2 N–H and O–H groups in total. The van der Waals surface area contributed by atoms with Gasteiger partial charge in [-0.25, -0.2) is 0 Å². The van der Waals surface area contributed by atoms with E-state index in [9.17, 15) is 23.4 Å². The molecule has 1 fully saturated rings. The number of oxime groups is 1. The number of aliphatic hydroxyl groups excluding tert-OH is 1. The first-order valence-corrected chi connectivity index (χ1v) is 14.9. The molecule has 0 spiro atoms. The van der Waals surface area contributed by atoms with E-state index in [0.717, 1.165) is 23.3 Å². The van der Waals surface area contributed by atoms with Crippen LogP contribution in [0.3, 0.4) is 0 Å². The van der Waals surface area contributed by atoms with Crippen molar-refractivity contribution in [2.75, 3.05) is 13.1 Å². The van der Waals surface area contributed by atoms with Crippen LogP contribution < -0.4 is 0 Å². The van der Waals surface area contributed by atoms with Gasteiger partial charge in [0.2, 0.25) is 0 Å². The Balaban J connectivity index is 1.27. The summed E-state index contributed by atoms with van der Waals surface area (Å²) >= 11 is 18.1. The summed E-state index contributed by atoms with van der Waals surface area (Å²) in [6.07, 6.45) is -5.54. The molecule has 0 saturated carbocycles. The third-order valence-electron chi connectivity index (χ3n) is 8.27. The second-order valence-corrected chi connectivity index (χ2v) is 12.3. The van der Waals surface area contributed by atoms with Gasteiger partial charge in [0.05, 0.1) is 33.4 Å². The van der Waals surface area contributed by atoms with Gasteiger partial charge >= 0.3 is 6.18 Å². The first-order chi connectivity index (χ1) is 21.0. The van der Waals surface area contributed by atoms with Crippen molar-refractivity contribution in [2.24, 2.45) is 5.16 Å². The summed E-state index contributed by atoms with van der Waals surface area (Å²) in [4.78, 5) is 7.27. The highest BCUT2D eigenvalue weighted by Gasteiger charge is 2.62. The van der Waals surface area contributed by atoms with E-state index in [0.29, 0.717) is 16.7 Å². The molecule has 0 bridgehead atoms. The molecule has 228 valence electrons. The van der Waals surface area contributed by atoms with Gasteiger partial charge in [0.25, 0.3) is 5.60 Å². The monoisotopic (exact) mass is 660 g/mol. The maximum Gasteiger partial charge on any atom is 0.435 e. The van der Waals surface area contributed by atoms with Gasteiger partial charge < -0.3 is 15.1 Å². The Hall–Kier alpha value is -3.11. The zero-order valence-electron chi connectivity index (χ0n) is 23.0. The summed E-state index contributed by atoms with van der Waals surface area (Å²) in [5.74, 6) is 0. The van der Waals surface area contributed by atoms with Crippen molar-refractivity contribution >= 4 is 40.5 Å². The molecule has 0 aliphatic carbocycles. The summed E-state index contributed by atoms with van der Waals surface area (Å²) in [6, 6.07) is 26.7. The Kier molecular flexibility index (Phi) is 8.20. The number of likely N-dealkylation sites (tertiary alicyclic amines) is 1. The molecule has 1 unspecified atom stereocenters. The van der Waals surface area contributed by atoms with Crippen molar-refractivity contribution in [1.82, 2.24) is 4.90 Å². The van der Waals surface area contributed by atoms with Gasteiger partial charge in [0, 0.05) is 25.1 Å². The second-order valence-electron chi connectivity index (χ2n) is 11.1. The number of rotatable bonds is 7. The van der Waals surface area contributed by atoms with E-state index in [1.807, 2.05) is 60.7 Å². The smallest absolute Gasteiger partial charge is 0.392 e.